The van der Waals surface area contributed by atoms with Crippen LogP contribution in [0, 0.1) is 5.92 Å². The predicted molar refractivity (Wildman–Crippen MR) is 60.6 cm³/mol. The molecular formula is C12H14N2O2. The Balaban J connectivity index is 2.61. The van der Waals surface area contributed by atoms with Crippen molar-refractivity contribution in [3.05, 3.63) is 35.7 Å². The molecule has 84 valence electrons. The van der Waals surface area contributed by atoms with E-state index in [1.54, 1.807) is 23.1 Å². The maximum absolute atomic E-state index is 11.3. The topological polar surface area (TPSA) is 55.1 Å². The van der Waals surface area contributed by atoms with Crippen LogP contribution in [-0.4, -0.2) is 20.9 Å². The van der Waals surface area contributed by atoms with Crippen LogP contribution >= 0.6 is 0 Å². The lowest BCUT2D eigenvalue weighted by Crippen LogP contribution is -2.19. The third-order valence-electron chi connectivity index (χ3n) is 2.86. The molecule has 0 saturated carbocycles. The van der Waals surface area contributed by atoms with Crippen LogP contribution in [0.25, 0.3) is 5.70 Å². The van der Waals surface area contributed by atoms with E-state index in [4.69, 9.17) is 0 Å². The molecule has 0 amide bonds. The molecule has 1 N–H and O–H groups in total. The summed E-state index contributed by atoms with van der Waals surface area (Å²) in [5.74, 6) is -0.828. The lowest BCUT2D eigenvalue weighted by Gasteiger charge is -2.22. The van der Waals surface area contributed by atoms with Crippen molar-refractivity contribution in [1.29, 1.82) is 0 Å². The van der Waals surface area contributed by atoms with Gasteiger partial charge in [0, 0.05) is 12.4 Å². The number of rotatable bonds is 2. The summed E-state index contributed by atoms with van der Waals surface area (Å²) in [6, 6.07) is 1.79. The van der Waals surface area contributed by atoms with E-state index in [9.17, 15) is 9.90 Å². The van der Waals surface area contributed by atoms with E-state index in [1.807, 2.05) is 13.8 Å². The van der Waals surface area contributed by atoms with E-state index < -0.39 is 5.97 Å². The molecule has 1 aromatic rings. The van der Waals surface area contributed by atoms with Gasteiger partial charge in [-0.3, -0.25) is 0 Å². The summed E-state index contributed by atoms with van der Waals surface area (Å²) in [5.41, 5.74) is 2.12. The number of hydrogen-bond acceptors (Lipinski definition) is 2. The molecule has 0 aliphatic heterocycles. The third kappa shape index (κ3) is 1.66. The minimum absolute atomic E-state index is 0.0281. The predicted octanol–water partition coefficient (Wildman–Crippen LogP) is 2.16. The van der Waals surface area contributed by atoms with Gasteiger partial charge in [0.2, 0.25) is 0 Å². The van der Waals surface area contributed by atoms with Crippen LogP contribution < -0.4 is 0 Å². The second-order valence-corrected chi connectivity index (χ2v) is 4.04. The van der Waals surface area contributed by atoms with Crippen molar-refractivity contribution in [3.8, 4) is 0 Å². The van der Waals surface area contributed by atoms with E-state index in [-0.39, 0.29) is 5.92 Å². The van der Waals surface area contributed by atoms with Crippen LogP contribution in [0.4, 0.5) is 0 Å². The van der Waals surface area contributed by atoms with Crippen LogP contribution in [0.15, 0.2) is 35.7 Å². The molecule has 16 heavy (non-hydrogen) atoms. The van der Waals surface area contributed by atoms with Crippen molar-refractivity contribution in [2.24, 2.45) is 5.92 Å². The minimum Gasteiger partial charge on any atom is -0.478 e. The highest BCUT2D eigenvalue weighted by Crippen LogP contribution is 2.32. The number of carboxylic acids is 1. The van der Waals surface area contributed by atoms with Gasteiger partial charge in [0.1, 0.15) is 0 Å². The van der Waals surface area contributed by atoms with Gasteiger partial charge in [0.05, 0.1) is 11.3 Å². The van der Waals surface area contributed by atoms with E-state index in [0.717, 1.165) is 12.0 Å². The Bertz CT molecular complexity index is 469. The number of carbonyl (C=O) groups is 1. The fourth-order valence-electron chi connectivity index (χ4n) is 2.03. The smallest absolute Gasteiger partial charge is 0.334 e. The average Bonchev–Trinajstić information content (AvgIpc) is 2.73. The fourth-order valence-corrected chi connectivity index (χ4v) is 2.03. The largest absolute Gasteiger partial charge is 0.478 e. The second-order valence-electron chi connectivity index (χ2n) is 4.04. The van der Waals surface area contributed by atoms with Gasteiger partial charge in [-0.25, -0.2) is 9.48 Å². The van der Waals surface area contributed by atoms with Crippen LogP contribution in [-0.2, 0) is 4.79 Å². The Morgan fingerprint density at radius 1 is 1.62 bits per heavy atom. The van der Waals surface area contributed by atoms with Gasteiger partial charge in [-0.05, 0) is 30.9 Å². The molecule has 1 aliphatic carbocycles. The number of carboxylic acid groups (broad SMARTS) is 1. The van der Waals surface area contributed by atoms with Crippen molar-refractivity contribution in [2.45, 2.75) is 20.3 Å². The van der Waals surface area contributed by atoms with Crippen molar-refractivity contribution in [3.63, 3.8) is 0 Å². The van der Waals surface area contributed by atoms with E-state index in [1.165, 1.54) is 0 Å². The van der Waals surface area contributed by atoms with Gasteiger partial charge in [0.25, 0.3) is 0 Å². The normalized spacial score (nSPS) is 20.9. The summed E-state index contributed by atoms with van der Waals surface area (Å²) in [6.07, 6.45) is 6.26. The summed E-state index contributed by atoms with van der Waals surface area (Å²) >= 11 is 0. The molecule has 4 nitrogen and oxygen atoms in total. The zero-order valence-electron chi connectivity index (χ0n) is 9.34. The number of nitrogens with zero attached hydrogens (tertiary/aromatic N) is 2. The molecule has 0 bridgehead atoms. The van der Waals surface area contributed by atoms with Crippen molar-refractivity contribution in [1.82, 2.24) is 9.78 Å². The number of allylic oxidation sites excluding steroid dienone is 3. The second kappa shape index (κ2) is 3.96. The maximum Gasteiger partial charge on any atom is 0.334 e. The first-order valence-corrected chi connectivity index (χ1v) is 5.26. The highest BCUT2D eigenvalue weighted by molar-refractivity contribution is 5.97. The van der Waals surface area contributed by atoms with Crippen molar-refractivity contribution in [2.75, 3.05) is 0 Å². The Morgan fingerprint density at radius 2 is 2.38 bits per heavy atom. The molecule has 1 aromatic heterocycles. The average molecular weight is 218 g/mol. The fraction of sp³-hybridized carbons (Fsp3) is 0.333. The van der Waals surface area contributed by atoms with E-state index in [0.29, 0.717) is 11.3 Å². The molecule has 1 heterocycles. The SMILES string of the molecule is CC1=CCC(C)C(C(=O)O)=C1n1cccn1. The summed E-state index contributed by atoms with van der Waals surface area (Å²) in [7, 11) is 0. The zero-order valence-corrected chi connectivity index (χ0v) is 9.34. The molecule has 0 fully saturated rings. The molecule has 1 aliphatic rings. The summed E-state index contributed by atoms with van der Waals surface area (Å²) in [4.78, 5) is 11.3. The Labute approximate surface area is 93.9 Å². The molecule has 1 atom stereocenters. The molecule has 2 rings (SSSR count). The van der Waals surface area contributed by atoms with Gasteiger partial charge in [-0.1, -0.05) is 13.0 Å². The quantitative estimate of drug-likeness (QED) is 0.827. The van der Waals surface area contributed by atoms with Gasteiger partial charge in [-0.15, -0.1) is 0 Å². The Morgan fingerprint density at radius 3 is 2.94 bits per heavy atom. The van der Waals surface area contributed by atoms with Gasteiger partial charge in [-0.2, -0.15) is 5.10 Å². The van der Waals surface area contributed by atoms with Crippen molar-refractivity contribution < 1.29 is 9.90 Å². The van der Waals surface area contributed by atoms with Gasteiger partial charge in [0.15, 0.2) is 0 Å². The first-order chi connectivity index (χ1) is 7.61. The highest BCUT2D eigenvalue weighted by atomic mass is 16.4. The van der Waals surface area contributed by atoms with Gasteiger partial charge >= 0.3 is 5.97 Å². The van der Waals surface area contributed by atoms with Gasteiger partial charge < -0.3 is 5.11 Å². The lowest BCUT2D eigenvalue weighted by atomic mass is 9.88. The van der Waals surface area contributed by atoms with Crippen LogP contribution in [0.5, 0.6) is 0 Å². The molecule has 1 unspecified atom stereocenters. The zero-order chi connectivity index (χ0) is 11.7. The molecule has 0 radical (unpaired) electrons. The monoisotopic (exact) mass is 218 g/mol. The Kier molecular flexibility index (Phi) is 2.64. The summed E-state index contributed by atoms with van der Waals surface area (Å²) in [6.45, 7) is 3.85. The standard InChI is InChI=1S/C12H14N2O2/c1-8-4-5-9(2)11(10(8)12(15)16)14-7-3-6-13-14/h3,5-8H,4H2,1-2H3,(H,15,16). The molecule has 0 spiro atoms. The lowest BCUT2D eigenvalue weighted by molar-refractivity contribution is -0.133. The molecular weight excluding hydrogens is 204 g/mol. The highest BCUT2D eigenvalue weighted by Gasteiger charge is 2.26. The third-order valence-corrected chi connectivity index (χ3v) is 2.86. The molecule has 4 heteroatoms. The first-order valence-electron chi connectivity index (χ1n) is 5.26. The van der Waals surface area contributed by atoms with E-state index in [2.05, 4.69) is 11.2 Å². The van der Waals surface area contributed by atoms with Crippen LogP contribution in [0.1, 0.15) is 20.3 Å². The first kappa shape index (κ1) is 10.7. The Hall–Kier alpha value is -1.84. The molecule has 0 aromatic carbocycles. The van der Waals surface area contributed by atoms with Crippen molar-refractivity contribution >= 4 is 11.7 Å². The number of aromatic nitrogens is 2. The summed E-state index contributed by atoms with van der Waals surface area (Å²) < 4.78 is 1.63. The number of aliphatic carboxylic acids is 1. The minimum atomic E-state index is -0.856. The maximum atomic E-state index is 11.3. The summed E-state index contributed by atoms with van der Waals surface area (Å²) in [5, 5.41) is 13.4. The van der Waals surface area contributed by atoms with Crippen LogP contribution in [0.2, 0.25) is 0 Å². The van der Waals surface area contributed by atoms with Crippen LogP contribution in [0.3, 0.4) is 0 Å². The van der Waals surface area contributed by atoms with E-state index >= 15 is 0 Å². The molecule has 0 saturated heterocycles. The number of hydrogen-bond donors (Lipinski definition) is 1.